The summed E-state index contributed by atoms with van der Waals surface area (Å²) in [6, 6.07) is 10.4. The number of nitrogens with one attached hydrogen (secondary N) is 1. The highest BCUT2D eigenvalue weighted by atomic mass is 35.5. The summed E-state index contributed by atoms with van der Waals surface area (Å²) in [5.41, 5.74) is 1.60. The molecule has 0 fully saturated rings. The standard InChI is InChI=1S/C19H16Cl4N4OS2/c1-27-17(9-29-8-11-2-3-12(20)6-15(11)22)25-26-19(27)30-10-18(28)24-13-4-5-14(21)16(23)7-13/h2-7H,8-10H2,1H3,(H,24,28). The Morgan fingerprint density at radius 1 is 1.00 bits per heavy atom. The van der Waals surface area contributed by atoms with Crippen molar-refractivity contribution in [2.45, 2.75) is 16.7 Å². The van der Waals surface area contributed by atoms with Crippen molar-refractivity contribution in [3.63, 3.8) is 0 Å². The molecule has 0 unspecified atom stereocenters. The van der Waals surface area contributed by atoms with Gasteiger partial charge in [0.15, 0.2) is 5.16 Å². The third kappa shape index (κ3) is 6.45. The Hall–Kier alpha value is -1.09. The summed E-state index contributed by atoms with van der Waals surface area (Å²) in [7, 11) is 1.88. The fraction of sp³-hybridized carbons (Fsp3) is 0.211. The minimum absolute atomic E-state index is 0.172. The first kappa shape index (κ1) is 23.6. The smallest absolute Gasteiger partial charge is 0.234 e. The average molecular weight is 522 g/mol. The summed E-state index contributed by atoms with van der Waals surface area (Å²) in [6.07, 6.45) is 0. The van der Waals surface area contributed by atoms with E-state index in [0.29, 0.717) is 36.7 Å². The molecule has 1 heterocycles. The molecule has 1 aromatic heterocycles. The molecule has 3 aromatic rings. The van der Waals surface area contributed by atoms with Gasteiger partial charge in [-0.15, -0.1) is 22.0 Å². The molecule has 0 atom stereocenters. The van der Waals surface area contributed by atoms with E-state index in [9.17, 15) is 4.79 Å². The van der Waals surface area contributed by atoms with Gasteiger partial charge in [-0.3, -0.25) is 4.79 Å². The number of aromatic nitrogens is 3. The van der Waals surface area contributed by atoms with Crippen molar-refractivity contribution in [1.29, 1.82) is 0 Å². The Morgan fingerprint density at radius 3 is 2.53 bits per heavy atom. The van der Waals surface area contributed by atoms with Crippen LogP contribution in [0.3, 0.4) is 0 Å². The zero-order chi connectivity index (χ0) is 21.7. The van der Waals surface area contributed by atoms with Crippen molar-refractivity contribution < 1.29 is 4.79 Å². The molecular formula is C19H16Cl4N4OS2. The summed E-state index contributed by atoms with van der Waals surface area (Å²) in [6.45, 7) is 0. The Labute approximate surface area is 202 Å². The number of anilines is 1. The third-order valence-corrected chi connectivity index (χ3v) is 7.29. The predicted octanol–water partition coefficient (Wildman–Crippen LogP) is 6.59. The number of rotatable bonds is 8. The van der Waals surface area contributed by atoms with Crippen molar-refractivity contribution in [2.75, 3.05) is 11.1 Å². The molecule has 158 valence electrons. The number of halogens is 4. The number of amides is 1. The molecule has 5 nitrogen and oxygen atoms in total. The van der Waals surface area contributed by atoms with Crippen LogP contribution in [0.4, 0.5) is 5.69 Å². The molecule has 0 spiro atoms. The minimum Gasteiger partial charge on any atom is -0.325 e. The summed E-state index contributed by atoms with van der Waals surface area (Å²) in [5.74, 6) is 2.24. The van der Waals surface area contributed by atoms with Gasteiger partial charge in [0.25, 0.3) is 0 Å². The van der Waals surface area contributed by atoms with E-state index < -0.39 is 0 Å². The van der Waals surface area contributed by atoms with Gasteiger partial charge in [0.05, 0.1) is 21.6 Å². The van der Waals surface area contributed by atoms with Crippen LogP contribution in [0, 0.1) is 0 Å². The summed E-state index contributed by atoms with van der Waals surface area (Å²) < 4.78 is 1.88. The van der Waals surface area contributed by atoms with Gasteiger partial charge in [-0.2, -0.15) is 0 Å². The first-order valence-electron chi connectivity index (χ1n) is 8.61. The van der Waals surface area contributed by atoms with Crippen molar-refractivity contribution in [2.24, 2.45) is 7.05 Å². The number of thioether (sulfide) groups is 2. The Bertz CT molecular complexity index is 1060. The zero-order valence-electron chi connectivity index (χ0n) is 15.7. The molecule has 3 rings (SSSR count). The highest BCUT2D eigenvalue weighted by molar-refractivity contribution is 7.99. The van der Waals surface area contributed by atoms with Gasteiger partial charge in [-0.05, 0) is 35.9 Å². The molecule has 0 saturated heterocycles. The maximum Gasteiger partial charge on any atom is 0.234 e. The first-order chi connectivity index (χ1) is 14.3. The number of hydrogen-bond acceptors (Lipinski definition) is 5. The van der Waals surface area contributed by atoms with Gasteiger partial charge >= 0.3 is 0 Å². The molecule has 0 bridgehead atoms. The van der Waals surface area contributed by atoms with Crippen LogP contribution in [-0.2, 0) is 23.3 Å². The van der Waals surface area contributed by atoms with Gasteiger partial charge in [0.2, 0.25) is 5.91 Å². The largest absolute Gasteiger partial charge is 0.325 e. The van der Waals surface area contributed by atoms with Gasteiger partial charge in [0.1, 0.15) is 5.82 Å². The second-order valence-electron chi connectivity index (χ2n) is 6.15. The van der Waals surface area contributed by atoms with Crippen LogP contribution >= 0.6 is 69.9 Å². The molecule has 0 radical (unpaired) electrons. The van der Waals surface area contributed by atoms with Gasteiger partial charge < -0.3 is 9.88 Å². The number of carbonyl (C=O) groups excluding carboxylic acids is 1. The lowest BCUT2D eigenvalue weighted by atomic mass is 10.2. The normalized spacial score (nSPS) is 11.0. The Morgan fingerprint density at radius 2 is 1.80 bits per heavy atom. The van der Waals surface area contributed by atoms with Crippen molar-refractivity contribution >= 4 is 81.5 Å². The number of nitrogens with zero attached hydrogens (tertiary/aromatic N) is 3. The van der Waals surface area contributed by atoms with Crippen LogP contribution < -0.4 is 5.32 Å². The van der Waals surface area contributed by atoms with E-state index in [1.54, 1.807) is 36.0 Å². The maximum atomic E-state index is 12.2. The molecule has 0 aliphatic heterocycles. The van der Waals surface area contributed by atoms with E-state index in [2.05, 4.69) is 15.5 Å². The van der Waals surface area contributed by atoms with Crippen LogP contribution in [-0.4, -0.2) is 26.4 Å². The lowest BCUT2D eigenvalue weighted by Crippen LogP contribution is -2.14. The molecule has 2 aromatic carbocycles. The van der Waals surface area contributed by atoms with Gasteiger partial charge in [-0.25, -0.2) is 0 Å². The third-order valence-electron chi connectivity index (χ3n) is 3.96. The molecule has 11 heteroatoms. The predicted molar refractivity (Wildman–Crippen MR) is 128 cm³/mol. The molecular weight excluding hydrogens is 506 g/mol. The summed E-state index contributed by atoms with van der Waals surface area (Å²) >= 11 is 27.0. The topological polar surface area (TPSA) is 59.8 Å². The van der Waals surface area contributed by atoms with Crippen molar-refractivity contribution in [3.05, 3.63) is 67.9 Å². The van der Waals surface area contributed by atoms with E-state index in [-0.39, 0.29) is 11.7 Å². The van der Waals surface area contributed by atoms with E-state index in [1.807, 2.05) is 23.7 Å². The van der Waals surface area contributed by atoms with Crippen LogP contribution in [0.1, 0.15) is 11.4 Å². The summed E-state index contributed by atoms with van der Waals surface area (Å²) in [5, 5.41) is 13.9. The number of benzene rings is 2. The van der Waals surface area contributed by atoms with Gasteiger partial charge in [0, 0.05) is 28.5 Å². The second-order valence-corrected chi connectivity index (χ2v) is 9.74. The lowest BCUT2D eigenvalue weighted by Gasteiger charge is -2.07. The monoisotopic (exact) mass is 520 g/mol. The van der Waals surface area contributed by atoms with Crippen LogP contribution in [0.15, 0.2) is 41.6 Å². The van der Waals surface area contributed by atoms with Gasteiger partial charge in [-0.1, -0.05) is 64.2 Å². The second kappa shape index (κ2) is 11.0. The molecule has 0 saturated carbocycles. The minimum atomic E-state index is -0.172. The number of hydrogen-bond donors (Lipinski definition) is 1. The van der Waals surface area contributed by atoms with Crippen LogP contribution in [0.25, 0.3) is 0 Å². The van der Waals surface area contributed by atoms with Crippen LogP contribution in [0.5, 0.6) is 0 Å². The fourth-order valence-corrected chi connectivity index (χ4v) is 4.98. The first-order valence-corrected chi connectivity index (χ1v) is 12.3. The SMILES string of the molecule is Cn1c(CSCc2ccc(Cl)cc2Cl)nnc1SCC(=O)Nc1ccc(Cl)c(Cl)c1. The molecule has 1 amide bonds. The fourth-order valence-electron chi connectivity index (χ4n) is 2.39. The lowest BCUT2D eigenvalue weighted by molar-refractivity contribution is -0.113. The van der Waals surface area contributed by atoms with E-state index in [1.165, 1.54) is 11.8 Å². The van der Waals surface area contributed by atoms with Crippen molar-refractivity contribution in [3.8, 4) is 0 Å². The highest BCUT2D eigenvalue weighted by Crippen LogP contribution is 2.27. The van der Waals surface area contributed by atoms with E-state index in [4.69, 9.17) is 46.4 Å². The van der Waals surface area contributed by atoms with Crippen LogP contribution in [0.2, 0.25) is 20.1 Å². The molecule has 1 N–H and O–H groups in total. The highest BCUT2D eigenvalue weighted by Gasteiger charge is 2.12. The van der Waals surface area contributed by atoms with E-state index >= 15 is 0 Å². The average Bonchev–Trinajstić information content (AvgIpc) is 3.04. The molecule has 0 aliphatic rings. The van der Waals surface area contributed by atoms with E-state index in [0.717, 1.165) is 17.1 Å². The van der Waals surface area contributed by atoms with Crippen molar-refractivity contribution in [1.82, 2.24) is 14.8 Å². The zero-order valence-corrected chi connectivity index (χ0v) is 20.3. The number of carbonyl (C=O) groups is 1. The summed E-state index contributed by atoms with van der Waals surface area (Å²) in [4.78, 5) is 12.2. The maximum absolute atomic E-state index is 12.2. The Kier molecular flexibility index (Phi) is 8.62. The quantitative estimate of drug-likeness (QED) is 0.338. The Balaban J connectivity index is 1.49. The molecule has 30 heavy (non-hydrogen) atoms. The molecule has 0 aliphatic carbocycles.